The maximum Gasteiger partial charge on any atom is 1.00 e. The summed E-state index contributed by atoms with van der Waals surface area (Å²) in [5, 5.41) is 13.9. The molecular weight excluding hydrogens is 279 g/mol. The molecule has 2 N–H and O–H groups in total. The topological polar surface area (TPSA) is 60.8 Å². The van der Waals surface area contributed by atoms with E-state index >= 15 is 0 Å². The molecular formula is C7H18CsNO3. The second-order valence-electron chi connectivity index (χ2n) is 1.90. The molecule has 0 bridgehead atoms. The van der Waals surface area contributed by atoms with Gasteiger partial charge in [-0.25, -0.2) is 4.79 Å². The zero-order valence-electron chi connectivity index (χ0n) is 9.37. The normalized spacial score (nSPS) is 8.00. The van der Waals surface area contributed by atoms with Crippen molar-refractivity contribution in [2.24, 2.45) is 0 Å². The second kappa shape index (κ2) is 14.8. The van der Waals surface area contributed by atoms with Crippen molar-refractivity contribution in [3.05, 3.63) is 0 Å². The van der Waals surface area contributed by atoms with Gasteiger partial charge in [0.1, 0.15) is 0 Å². The van der Waals surface area contributed by atoms with Crippen LogP contribution in [-0.2, 0) is 0 Å². The molecule has 0 aromatic heterocycles. The van der Waals surface area contributed by atoms with E-state index in [9.17, 15) is 0 Å². The van der Waals surface area contributed by atoms with E-state index in [0.717, 1.165) is 0 Å². The summed E-state index contributed by atoms with van der Waals surface area (Å²) in [6, 6.07) is 0. The Bertz CT molecular complexity index is 92.2. The molecule has 0 atom stereocenters. The number of hydrogen-bond acceptors (Lipinski definition) is 2. The number of carboxylic acid groups (broad SMARTS) is 2. The van der Waals surface area contributed by atoms with Gasteiger partial charge in [-0.2, -0.15) is 0 Å². The maximum absolute atomic E-state index is 8.56. The van der Waals surface area contributed by atoms with E-state index in [1.807, 2.05) is 0 Å². The molecule has 0 aliphatic carbocycles. The van der Waals surface area contributed by atoms with Crippen LogP contribution in [0.4, 0.5) is 4.79 Å². The molecule has 0 spiro atoms. The third-order valence-electron chi connectivity index (χ3n) is 1.34. The fourth-order valence-corrected chi connectivity index (χ4v) is 0.671. The smallest absolute Gasteiger partial charge is 1.00 e. The molecule has 0 saturated heterocycles. The molecule has 0 heterocycles. The van der Waals surface area contributed by atoms with Crippen molar-refractivity contribution in [1.82, 2.24) is 4.90 Å². The molecule has 5 heteroatoms. The number of carbonyl (C=O) groups is 1. The standard InChI is InChI=1S/C6H15N.CH2O3.Cs.H/c1-4-7(5-2)6-3;2-1(3)4;;/h4-6H2,1-3H3;(H2,2,3,4);;/q;;+1;-1. The maximum atomic E-state index is 8.56. The van der Waals surface area contributed by atoms with Gasteiger partial charge >= 0.3 is 75.0 Å². The summed E-state index contributed by atoms with van der Waals surface area (Å²) in [4.78, 5) is 10.9. The van der Waals surface area contributed by atoms with Gasteiger partial charge in [-0.1, -0.05) is 20.8 Å². The molecule has 0 fully saturated rings. The molecule has 0 rings (SSSR count). The van der Waals surface area contributed by atoms with Gasteiger partial charge in [0.25, 0.3) is 0 Å². The Labute approximate surface area is 134 Å². The van der Waals surface area contributed by atoms with Gasteiger partial charge in [-0.15, -0.1) is 0 Å². The van der Waals surface area contributed by atoms with Crippen LogP contribution in [0.2, 0.25) is 0 Å². The molecule has 0 saturated carbocycles. The van der Waals surface area contributed by atoms with Gasteiger partial charge in [-0.05, 0) is 19.6 Å². The SMILES string of the molecule is CCN(CC)CC.O=C(O)O.[Cs+].[H-]. The Kier molecular flexibility index (Phi) is 23.4. The predicted molar refractivity (Wildman–Crippen MR) is 45.2 cm³/mol. The van der Waals surface area contributed by atoms with Crippen LogP contribution in [0.1, 0.15) is 22.2 Å². The largest absolute Gasteiger partial charge is 1.00 e. The van der Waals surface area contributed by atoms with Crippen LogP contribution >= 0.6 is 0 Å². The van der Waals surface area contributed by atoms with Crippen molar-refractivity contribution in [2.45, 2.75) is 20.8 Å². The van der Waals surface area contributed by atoms with Gasteiger partial charge < -0.3 is 16.5 Å². The quantitative estimate of drug-likeness (QED) is 0.679. The summed E-state index contributed by atoms with van der Waals surface area (Å²) in [5.41, 5.74) is 0. The molecule has 0 aliphatic heterocycles. The van der Waals surface area contributed by atoms with E-state index < -0.39 is 6.16 Å². The summed E-state index contributed by atoms with van der Waals surface area (Å²) < 4.78 is 0. The average molecular weight is 297 g/mol. The van der Waals surface area contributed by atoms with E-state index in [2.05, 4.69) is 25.7 Å². The Morgan fingerprint density at radius 2 is 1.33 bits per heavy atom. The summed E-state index contributed by atoms with van der Waals surface area (Å²) in [6.07, 6.45) is -1.83. The van der Waals surface area contributed by atoms with Gasteiger partial charge in [0.05, 0.1) is 0 Å². The molecule has 4 nitrogen and oxygen atoms in total. The van der Waals surface area contributed by atoms with Crippen molar-refractivity contribution in [2.75, 3.05) is 19.6 Å². The zero-order chi connectivity index (χ0) is 9.28. The fraction of sp³-hybridized carbons (Fsp3) is 0.857. The van der Waals surface area contributed by atoms with Gasteiger partial charge in [0, 0.05) is 0 Å². The van der Waals surface area contributed by atoms with E-state index in [1.54, 1.807) is 0 Å². The molecule has 70 valence electrons. The average Bonchev–Trinajstić information content (AvgIpc) is 1.90. The van der Waals surface area contributed by atoms with Crippen LogP contribution in [0.3, 0.4) is 0 Å². The molecule has 12 heavy (non-hydrogen) atoms. The van der Waals surface area contributed by atoms with Gasteiger partial charge in [0.15, 0.2) is 0 Å². The molecule has 0 aliphatic rings. The van der Waals surface area contributed by atoms with Crippen LogP contribution < -0.4 is 68.9 Å². The van der Waals surface area contributed by atoms with E-state index in [-0.39, 0.29) is 70.3 Å². The van der Waals surface area contributed by atoms with E-state index in [1.165, 1.54) is 19.6 Å². The molecule has 0 amide bonds. The first-order valence-corrected chi connectivity index (χ1v) is 3.72. The predicted octanol–water partition coefficient (Wildman–Crippen LogP) is -1.31. The first-order valence-electron chi connectivity index (χ1n) is 3.72. The summed E-state index contributed by atoms with van der Waals surface area (Å²) in [5.74, 6) is 0. The van der Waals surface area contributed by atoms with Gasteiger partial charge in [-0.3, -0.25) is 0 Å². The number of nitrogens with zero attached hydrogens (tertiary/aromatic N) is 1. The minimum Gasteiger partial charge on any atom is -1.00 e. The third kappa shape index (κ3) is 22.5. The molecule has 0 unspecified atom stereocenters. The Hall–Kier alpha value is 1.28. The fourth-order valence-electron chi connectivity index (χ4n) is 0.671. The zero-order valence-corrected chi connectivity index (χ0v) is 14.7. The Balaban J connectivity index is -0.0000000600. The van der Waals surface area contributed by atoms with Crippen LogP contribution in [-0.4, -0.2) is 40.9 Å². The molecule has 0 radical (unpaired) electrons. The molecule has 0 aromatic carbocycles. The molecule has 0 aromatic rings. The monoisotopic (exact) mass is 297 g/mol. The summed E-state index contributed by atoms with van der Waals surface area (Å²) in [6.45, 7) is 10.1. The van der Waals surface area contributed by atoms with Crippen LogP contribution in [0.5, 0.6) is 0 Å². The van der Waals surface area contributed by atoms with Crippen LogP contribution in [0.25, 0.3) is 0 Å². The third-order valence-corrected chi connectivity index (χ3v) is 1.34. The minimum absolute atomic E-state index is 0. The van der Waals surface area contributed by atoms with Crippen molar-refractivity contribution in [3.63, 3.8) is 0 Å². The Morgan fingerprint density at radius 1 is 1.17 bits per heavy atom. The Morgan fingerprint density at radius 3 is 1.33 bits per heavy atom. The van der Waals surface area contributed by atoms with Crippen molar-refractivity contribution in [1.29, 1.82) is 0 Å². The first-order chi connectivity index (χ1) is 5.08. The van der Waals surface area contributed by atoms with Crippen molar-refractivity contribution < 1.29 is 85.3 Å². The first kappa shape index (κ1) is 19.0. The van der Waals surface area contributed by atoms with E-state index in [4.69, 9.17) is 15.0 Å². The minimum atomic E-state index is -1.83. The van der Waals surface area contributed by atoms with Crippen molar-refractivity contribution >= 4 is 6.16 Å². The van der Waals surface area contributed by atoms with Crippen molar-refractivity contribution in [3.8, 4) is 0 Å². The van der Waals surface area contributed by atoms with E-state index in [0.29, 0.717) is 0 Å². The summed E-state index contributed by atoms with van der Waals surface area (Å²) >= 11 is 0. The number of hydrogen-bond donors (Lipinski definition) is 2. The van der Waals surface area contributed by atoms with Gasteiger partial charge in [0.2, 0.25) is 0 Å². The van der Waals surface area contributed by atoms with Crippen LogP contribution in [0, 0.1) is 0 Å². The van der Waals surface area contributed by atoms with Crippen LogP contribution in [0.15, 0.2) is 0 Å². The second-order valence-corrected chi connectivity index (χ2v) is 1.90. The summed E-state index contributed by atoms with van der Waals surface area (Å²) in [7, 11) is 0. The number of rotatable bonds is 3.